The largest absolute Gasteiger partial charge is 0.265 e. The van der Waals surface area contributed by atoms with Crippen molar-refractivity contribution < 1.29 is 8.42 Å². The molecular weight excluding hydrogens is 444 g/mol. The van der Waals surface area contributed by atoms with Gasteiger partial charge in [-0.05, 0) is 36.3 Å². The Hall–Kier alpha value is -3.55. The number of pyridine rings is 1. The van der Waals surface area contributed by atoms with Crippen LogP contribution in [0.15, 0.2) is 84.5 Å². The molecule has 8 heteroatoms. The molecule has 0 saturated carbocycles. The van der Waals surface area contributed by atoms with Gasteiger partial charge in [0.25, 0.3) is 10.0 Å². The van der Waals surface area contributed by atoms with Gasteiger partial charge in [-0.2, -0.15) is 0 Å². The Morgan fingerprint density at radius 3 is 2.25 bits per heavy atom. The van der Waals surface area contributed by atoms with Gasteiger partial charge in [-0.25, -0.2) is 18.4 Å². The van der Waals surface area contributed by atoms with Crippen LogP contribution in [-0.2, 0) is 10.0 Å². The molecule has 4 aromatic rings. The van der Waals surface area contributed by atoms with Gasteiger partial charge >= 0.3 is 0 Å². The van der Waals surface area contributed by atoms with Crippen molar-refractivity contribution in [2.75, 3.05) is 4.72 Å². The van der Waals surface area contributed by atoms with Crippen molar-refractivity contribution >= 4 is 33.5 Å². The molecule has 0 aliphatic heterocycles. The molecule has 0 radical (unpaired) electrons. The molecule has 0 unspecified atom stereocenters. The van der Waals surface area contributed by atoms with Crippen LogP contribution in [0.1, 0.15) is 11.1 Å². The van der Waals surface area contributed by atoms with Crippen LogP contribution in [0.3, 0.4) is 0 Å². The summed E-state index contributed by atoms with van der Waals surface area (Å²) in [6, 6.07) is 20.1. The summed E-state index contributed by atoms with van der Waals surface area (Å²) in [7, 11) is -3.88. The molecule has 0 aliphatic rings. The van der Waals surface area contributed by atoms with Crippen LogP contribution in [-0.4, -0.2) is 23.4 Å². The van der Waals surface area contributed by atoms with Crippen molar-refractivity contribution in [1.29, 1.82) is 0 Å². The van der Waals surface area contributed by atoms with Gasteiger partial charge in [0.15, 0.2) is 11.6 Å². The van der Waals surface area contributed by atoms with Crippen molar-refractivity contribution in [3.8, 4) is 22.5 Å². The first-order chi connectivity index (χ1) is 15.4. The maximum absolute atomic E-state index is 12.9. The van der Waals surface area contributed by atoms with Gasteiger partial charge in [0, 0.05) is 18.0 Å². The number of sulfonamides is 1. The number of aromatic nitrogens is 3. The summed E-state index contributed by atoms with van der Waals surface area (Å²) in [4.78, 5) is 12.9. The lowest BCUT2D eigenvalue weighted by atomic mass is 10.1. The molecule has 2 heterocycles. The highest BCUT2D eigenvalue weighted by atomic mass is 35.5. The molecule has 2 aromatic heterocycles. The van der Waals surface area contributed by atoms with E-state index in [1.165, 1.54) is 6.08 Å². The van der Waals surface area contributed by atoms with Crippen LogP contribution in [0.25, 0.3) is 28.6 Å². The van der Waals surface area contributed by atoms with Gasteiger partial charge in [-0.15, -0.1) is 0 Å². The van der Waals surface area contributed by atoms with Gasteiger partial charge in [0.2, 0.25) is 0 Å². The average Bonchev–Trinajstić information content (AvgIpc) is 2.80. The molecule has 0 aliphatic carbocycles. The Balaban J connectivity index is 1.79. The third-order valence-corrected chi connectivity index (χ3v) is 5.87. The lowest BCUT2D eigenvalue weighted by molar-refractivity contribution is 0.609. The van der Waals surface area contributed by atoms with Crippen LogP contribution >= 0.6 is 11.6 Å². The van der Waals surface area contributed by atoms with E-state index in [2.05, 4.69) is 19.7 Å². The second-order valence-electron chi connectivity index (χ2n) is 7.02. The first-order valence-corrected chi connectivity index (χ1v) is 11.6. The van der Waals surface area contributed by atoms with Gasteiger partial charge in [0.05, 0.1) is 11.0 Å². The lowest BCUT2D eigenvalue weighted by Gasteiger charge is -2.14. The van der Waals surface area contributed by atoms with Crippen molar-refractivity contribution in [2.45, 2.75) is 6.92 Å². The van der Waals surface area contributed by atoms with E-state index in [1.54, 1.807) is 24.5 Å². The zero-order chi connectivity index (χ0) is 22.6. The Kier molecular flexibility index (Phi) is 6.30. The van der Waals surface area contributed by atoms with Gasteiger partial charge < -0.3 is 0 Å². The number of anilines is 1. The van der Waals surface area contributed by atoms with E-state index in [0.717, 1.165) is 16.5 Å². The van der Waals surface area contributed by atoms with E-state index in [0.29, 0.717) is 16.7 Å². The van der Waals surface area contributed by atoms with Gasteiger partial charge in [0.1, 0.15) is 5.15 Å². The Morgan fingerprint density at radius 1 is 0.875 bits per heavy atom. The summed E-state index contributed by atoms with van der Waals surface area (Å²) in [6.07, 6.45) is 4.72. The second-order valence-corrected chi connectivity index (χ2v) is 8.95. The summed E-state index contributed by atoms with van der Waals surface area (Å²) in [5.41, 5.74) is 3.59. The first kappa shape index (κ1) is 21.7. The van der Waals surface area contributed by atoms with E-state index in [-0.39, 0.29) is 16.8 Å². The SMILES string of the molecule is Cc1ccc(-c2c(Cl)nc(-c3ccncc3)nc2NS(=O)(=O)C=Cc2ccccc2)cc1. The fraction of sp³-hybridized carbons (Fsp3) is 0.0417. The molecule has 2 aromatic carbocycles. The number of halogens is 1. The van der Waals surface area contributed by atoms with Gasteiger partial charge in [-0.1, -0.05) is 71.8 Å². The third-order valence-electron chi connectivity index (χ3n) is 4.62. The van der Waals surface area contributed by atoms with Crippen molar-refractivity contribution in [3.63, 3.8) is 0 Å². The Bertz CT molecular complexity index is 1360. The smallest absolute Gasteiger partial charge is 0.256 e. The summed E-state index contributed by atoms with van der Waals surface area (Å²) in [6.45, 7) is 1.96. The normalized spacial score (nSPS) is 11.6. The fourth-order valence-corrected chi connectivity index (χ4v) is 4.11. The zero-order valence-corrected chi connectivity index (χ0v) is 18.7. The zero-order valence-electron chi connectivity index (χ0n) is 17.1. The molecule has 0 fully saturated rings. The molecule has 6 nitrogen and oxygen atoms in total. The molecule has 0 saturated heterocycles. The van der Waals surface area contributed by atoms with Crippen LogP contribution in [0.4, 0.5) is 5.82 Å². The fourth-order valence-electron chi connectivity index (χ4n) is 3.01. The lowest BCUT2D eigenvalue weighted by Crippen LogP contribution is -2.12. The minimum absolute atomic E-state index is 0.0957. The minimum atomic E-state index is -3.88. The average molecular weight is 463 g/mol. The third kappa shape index (κ3) is 5.19. The molecule has 1 N–H and O–H groups in total. The van der Waals surface area contributed by atoms with Crippen LogP contribution < -0.4 is 4.72 Å². The quantitative estimate of drug-likeness (QED) is 0.378. The number of nitrogens with one attached hydrogen (secondary N) is 1. The summed E-state index contributed by atoms with van der Waals surface area (Å²) in [5.74, 6) is 0.386. The molecule has 0 bridgehead atoms. The molecule has 0 atom stereocenters. The molecular formula is C24H19ClN4O2S. The Morgan fingerprint density at radius 2 is 1.56 bits per heavy atom. The summed E-state index contributed by atoms with van der Waals surface area (Å²) in [5, 5.41) is 1.24. The van der Waals surface area contributed by atoms with E-state index >= 15 is 0 Å². The van der Waals surface area contributed by atoms with Gasteiger partial charge in [-0.3, -0.25) is 9.71 Å². The summed E-state index contributed by atoms with van der Waals surface area (Å²) < 4.78 is 28.3. The van der Waals surface area contributed by atoms with Crippen LogP contribution in [0, 0.1) is 6.92 Å². The molecule has 32 heavy (non-hydrogen) atoms. The topological polar surface area (TPSA) is 84.8 Å². The standard InChI is InChI=1S/C24H19ClN4O2S/c1-17-7-9-19(10-8-17)21-22(25)27-23(20-11-14-26-15-12-20)28-24(21)29-32(30,31)16-13-18-5-3-2-4-6-18/h2-16H,1H3,(H,27,28,29). The predicted molar refractivity (Wildman–Crippen MR) is 128 cm³/mol. The number of rotatable bonds is 6. The second kappa shape index (κ2) is 9.30. The Labute approximate surface area is 191 Å². The number of benzene rings is 2. The van der Waals surface area contributed by atoms with Crippen LogP contribution in [0.2, 0.25) is 5.15 Å². The first-order valence-electron chi connectivity index (χ1n) is 9.72. The van der Waals surface area contributed by atoms with Crippen LogP contribution in [0.5, 0.6) is 0 Å². The summed E-state index contributed by atoms with van der Waals surface area (Å²) >= 11 is 6.54. The highest BCUT2D eigenvalue weighted by Gasteiger charge is 2.19. The van der Waals surface area contributed by atoms with Crippen molar-refractivity contribution in [1.82, 2.24) is 15.0 Å². The van der Waals surface area contributed by atoms with E-state index in [9.17, 15) is 8.42 Å². The van der Waals surface area contributed by atoms with Crippen molar-refractivity contribution in [2.24, 2.45) is 0 Å². The maximum Gasteiger partial charge on any atom is 0.256 e. The molecule has 0 spiro atoms. The number of hydrogen-bond donors (Lipinski definition) is 1. The van der Waals surface area contributed by atoms with E-state index in [4.69, 9.17) is 11.6 Å². The molecule has 160 valence electrons. The predicted octanol–water partition coefficient (Wildman–Crippen LogP) is 5.58. The minimum Gasteiger partial charge on any atom is -0.265 e. The van der Waals surface area contributed by atoms with Crippen molar-refractivity contribution in [3.05, 3.63) is 101 Å². The molecule has 4 rings (SSSR count). The monoisotopic (exact) mass is 462 g/mol. The van der Waals surface area contributed by atoms with E-state index in [1.807, 2.05) is 61.5 Å². The van der Waals surface area contributed by atoms with E-state index < -0.39 is 10.0 Å². The highest BCUT2D eigenvalue weighted by Crippen LogP contribution is 2.35. The highest BCUT2D eigenvalue weighted by molar-refractivity contribution is 7.95. The maximum atomic E-state index is 12.9. The number of aryl methyl sites for hydroxylation is 1. The number of hydrogen-bond acceptors (Lipinski definition) is 5. The number of nitrogens with zero attached hydrogens (tertiary/aromatic N) is 3. The molecule has 0 amide bonds.